The molecule has 4 heteroatoms. The Bertz CT molecular complexity index is 741. The van der Waals surface area contributed by atoms with E-state index < -0.39 is 0 Å². The van der Waals surface area contributed by atoms with Gasteiger partial charge in [0.2, 0.25) is 5.91 Å². The number of pyridine rings is 1. The monoisotopic (exact) mass is 377 g/mol. The fraction of sp³-hybridized carbons (Fsp3) is 0.500. The largest absolute Gasteiger partial charge is 0.342 e. The van der Waals surface area contributed by atoms with E-state index in [4.69, 9.17) is 0 Å². The number of benzene rings is 1. The van der Waals surface area contributed by atoms with Gasteiger partial charge in [-0.1, -0.05) is 36.4 Å². The van der Waals surface area contributed by atoms with Crippen molar-refractivity contribution in [3.05, 3.63) is 66.0 Å². The van der Waals surface area contributed by atoms with Crippen LogP contribution in [0.2, 0.25) is 0 Å². The molecule has 0 spiro atoms. The second kappa shape index (κ2) is 9.33. The summed E-state index contributed by atoms with van der Waals surface area (Å²) in [4.78, 5) is 22.1. The molecule has 2 saturated heterocycles. The summed E-state index contributed by atoms with van der Waals surface area (Å²) >= 11 is 0. The van der Waals surface area contributed by atoms with Crippen LogP contribution in [0.15, 0.2) is 54.7 Å². The molecule has 148 valence electrons. The van der Waals surface area contributed by atoms with Gasteiger partial charge in [-0.05, 0) is 62.3 Å². The molecule has 1 aromatic carbocycles. The Morgan fingerprint density at radius 2 is 1.75 bits per heavy atom. The molecule has 1 unspecified atom stereocenters. The van der Waals surface area contributed by atoms with Crippen LogP contribution < -0.4 is 0 Å². The van der Waals surface area contributed by atoms with Crippen molar-refractivity contribution < 1.29 is 4.79 Å². The second-order valence-electron chi connectivity index (χ2n) is 8.35. The third-order valence-corrected chi connectivity index (χ3v) is 6.26. The van der Waals surface area contributed by atoms with Crippen molar-refractivity contribution >= 4 is 5.91 Å². The van der Waals surface area contributed by atoms with Gasteiger partial charge in [0.25, 0.3) is 0 Å². The van der Waals surface area contributed by atoms with Crippen LogP contribution in [0.1, 0.15) is 36.9 Å². The van der Waals surface area contributed by atoms with E-state index in [1.54, 1.807) is 0 Å². The lowest BCUT2D eigenvalue weighted by molar-refractivity contribution is -0.138. The van der Waals surface area contributed by atoms with Gasteiger partial charge in [0.15, 0.2) is 0 Å². The topological polar surface area (TPSA) is 36.4 Å². The van der Waals surface area contributed by atoms with E-state index in [0.717, 1.165) is 70.5 Å². The number of nitrogens with zero attached hydrogens (tertiary/aromatic N) is 3. The van der Waals surface area contributed by atoms with Gasteiger partial charge in [-0.25, -0.2) is 0 Å². The minimum absolute atomic E-state index is 0.156. The van der Waals surface area contributed by atoms with Crippen molar-refractivity contribution in [3.8, 4) is 0 Å². The zero-order valence-corrected chi connectivity index (χ0v) is 16.7. The molecule has 2 aliphatic rings. The van der Waals surface area contributed by atoms with Crippen molar-refractivity contribution in [1.82, 2.24) is 14.8 Å². The molecule has 0 N–H and O–H groups in total. The van der Waals surface area contributed by atoms with E-state index in [9.17, 15) is 4.79 Å². The maximum Gasteiger partial charge on any atom is 0.226 e. The molecule has 2 fully saturated rings. The Kier molecular flexibility index (Phi) is 6.38. The summed E-state index contributed by atoms with van der Waals surface area (Å²) in [6.07, 6.45) is 7.39. The highest BCUT2D eigenvalue weighted by atomic mass is 16.2. The van der Waals surface area contributed by atoms with E-state index in [-0.39, 0.29) is 5.92 Å². The number of carbonyl (C=O) groups excluding carboxylic acids is 1. The van der Waals surface area contributed by atoms with E-state index in [2.05, 4.69) is 51.2 Å². The Balaban J connectivity index is 1.26. The lowest BCUT2D eigenvalue weighted by atomic mass is 9.89. The molecule has 0 saturated carbocycles. The predicted octanol–water partition coefficient (Wildman–Crippen LogP) is 3.77. The first kappa shape index (κ1) is 19.1. The summed E-state index contributed by atoms with van der Waals surface area (Å²) in [5, 5.41) is 0. The van der Waals surface area contributed by atoms with Crippen LogP contribution in [0.4, 0.5) is 0 Å². The fourth-order valence-corrected chi connectivity index (χ4v) is 4.68. The molecule has 3 heterocycles. The minimum atomic E-state index is 0.156. The normalized spacial score (nSPS) is 21.6. The molecular weight excluding hydrogens is 346 g/mol. The Morgan fingerprint density at radius 1 is 0.964 bits per heavy atom. The Labute approximate surface area is 168 Å². The van der Waals surface area contributed by atoms with Gasteiger partial charge in [0, 0.05) is 32.4 Å². The highest BCUT2D eigenvalue weighted by Crippen LogP contribution is 2.25. The highest BCUT2D eigenvalue weighted by molar-refractivity contribution is 5.79. The summed E-state index contributed by atoms with van der Waals surface area (Å²) in [6, 6.07) is 16.8. The first-order chi connectivity index (χ1) is 13.8. The zero-order valence-electron chi connectivity index (χ0n) is 16.7. The third-order valence-electron chi connectivity index (χ3n) is 6.26. The van der Waals surface area contributed by atoms with Gasteiger partial charge < -0.3 is 4.90 Å². The highest BCUT2D eigenvalue weighted by Gasteiger charge is 2.31. The molecule has 1 aromatic heterocycles. The number of hydrogen-bond donors (Lipinski definition) is 0. The average molecular weight is 378 g/mol. The third kappa shape index (κ3) is 4.99. The van der Waals surface area contributed by atoms with Crippen molar-refractivity contribution in [2.24, 2.45) is 11.8 Å². The van der Waals surface area contributed by atoms with Crippen LogP contribution in [0.3, 0.4) is 0 Å². The van der Waals surface area contributed by atoms with Crippen LogP contribution >= 0.6 is 0 Å². The van der Waals surface area contributed by atoms with Crippen LogP contribution in [0, 0.1) is 11.8 Å². The number of likely N-dealkylation sites (tertiary alicyclic amines) is 2. The molecule has 4 nitrogen and oxygen atoms in total. The lowest BCUT2D eigenvalue weighted by Crippen LogP contribution is -2.47. The molecule has 0 aliphatic carbocycles. The van der Waals surface area contributed by atoms with Crippen LogP contribution in [-0.4, -0.2) is 46.9 Å². The number of carbonyl (C=O) groups is 1. The fourth-order valence-electron chi connectivity index (χ4n) is 4.68. The summed E-state index contributed by atoms with van der Waals surface area (Å²) in [7, 11) is 0. The number of aromatic nitrogens is 1. The van der Waals surface area contributed by atoms with Gasteiger partial charge in [-0.15, -0.1) is 0 Å². The average Bonchev–Trinajstić information content (AvgIpc) is 2.75. The summed E-state index contributed by atoms with van der Waals surface area (Å²) in [5.74, 6) is 1.24. The quantitative estimate of drug-likeness (QED) is 0.796. The van der Waals surface area contributed by atoms with Gasteiger partial charge in [0.05, 0.1) is 11.6 Å². The standard InChI is InChI=1S/C24H31N3O/c28-24(22-9-6-14-26(18-22)19-23-10-4-5-13-25-23)27-15-11-21(12-16-27)17-20-7-2-1-3-8-20/h1-5,7-8,10,13,21-22H,6,9,11-12,14-19H2. The maximum atomic E-state index is 13.1. The van der Waals surface area contributed by atoms with E-state index >= 15 is 0 Å². The van der Waals surface area contributed by atoms with Crippen LogP contribution in [0.5, 0.6) is 0 Å². The number of piperidine rings is 2. The van der Waals surface area contributed by atoms with Gasteiger partial charge >= 0.3 is 0 Å². The van der Waals surface area contributed by atoms with Gasteiger partial charge in [-0.3, -0.25) is 14.7 Å². The van der Waals surface area contributed by atoms with Crippen molar-refractivity contribution in [2.45, 2.75) is 38.6 Å². The first-order valence-electron chi connectivity index (χ1n) is 10.7. The summed E-state index contributed by atoms with van der Waals surface area (Å²) in [6.45, 7) is 4.64. The molecule has 0 radical (unpaired) electrons. The van der Waals surface area contributed by atoms with Gasteiger partial charge in [0.1, 0.15) is 0 Å². The van der Waals surface area contributed by atoms with Crippen molar-refractivity contribution in [3.63, 3.8) is 0 Å². The van der Waals surface area contributed by atoms with Gasteiger partial charge in [-0.2, -0.15) is 0 Å². The molecule has 0 bridgehead atoms. The zero-order chi connectivity index (χ0) is 19.2. The number of amides is 1. The predicted molar refractivity (Wildman–Crippen MR) is 112 cm³/mol. The molecule has 1 atom stereocenters. The van der Waals surface area contributed by atoms with E-state index in [1.165, 1.54) is 5.56 Å². The molecule has 4 rings (SSSR count). The van der Waals surface area contributed by atoms with E-state index in [1.807, 2.05) is 18.3 Å². The number of rotatable bonds is 5. The number of hydrogen-bond acceptors (Lipinski definition) is 3. The molecule has 2 aliphatic heterocycles. The lowest BCUT2D eigenvalue weighted by Gasteiger charge is -2.38. The Hall–Kier alpha value is -2.20. The summed E-state index contributed by atoms with van der Waals surface area (Å²) < 4.78 is 0. The van der Waals surface area contributed by atoms with Crippen LogP contribution in [0.25, 0.3) is 0 Å². The molecular formula is C24H31N3O. The first-order valence-corrected chi connectivity index (χ1v) is 10.7. The summed E-state index contributed by atoms with van der Waals surface area (Å²) in [5.41, 5.74) is 2.52. The van der Waals surface area contributed by atoms with Crippen LogP contribution in [-0.2, 0) is 17.8 Å². The minimum Gasteiger partial charge on any atom is -0.342 e. The molecule has 28 heavy (non-hydrogen) atoms. The maximum absolute atomic E-state index is 13.1. The van der Waals surface area contributed by atoms with Crippen molar-refractivity contribution in [1.29, 1.82) is 0 Å². The second-order valence-corrected chi connectivity index (χ2v) is 8.35. The Morgan fingerprint density at radius 3 is 2.50 bits per heavy atom. The molecule has 1 amide bonds. The molecule has 2 aromatic rings. The smallest absolute Gasteiger partial charge is 0.226 e. The van der Waals surface area contributed by atoms with Crippen molar-refractivity contribution in [2.75, 3.05) is 26.2 Å². The SMILES string of the molecule is O=C(C1CCCN(Cc2ccccn2)C1)N1CCC(Cc2ccccc2)CC1. The van der Waals surface area contributed by atoms with E-state index in [0.29, 0.717) is 11.8 Å².